The Bertz CT molecular complexity index is 337. The van der Waals surface area contributed by atoms with Crippen molar-refractivity contribution >= 4 is 5.69 Å². The fourth-order valence-corrected chi connectivity index (χ4v) is 2.30. The Morgan fingerprint density at radius 2 is 2.27 bits per heavy atom. The van der Waals surface area contributed by atoms with Crippen LogP contribution in [0.4, 0.5) is 5.69 Å². The van der Waals surface area contributed by atoms with Crippen molar-refractivity contribution in [3.63, 3.8) is 0 Å². The third kappa shape index (κ3) is 2.30. The van der Waals surface area contributed by atoms with Crippen LogP contribution in [0, 0.1) is 5.92 Å². The molecule has 2 atom stereocenters. The van der Waals surface area contributed by atoms with Crippen molar-refractivity contribution in [1.82, 2.24) is 4.90 Å². The second-order valence-electron chi connectivity index (χ2n) is 4.51. The maximum absolute atomic E-state index is 6.25. The summed E-state index contributed by atoms with van der Waals surface area (Å²) in [5, 5.41) is 0. The number of hydrogen-bond donors (Lipinski definition) is 2. The number of anilines is 1. The van der Waals surface area contributed by atoms with E-state index in [1.807, 2.05) is 18.2 Å². The topological polar surface area (TPSA) is 55.3 Å². The number of nitrogens with zero attached hydrogens (tertiary/aromatic N) is 1. The molecule has 15 heavy (non-hydrogen) atoms. The molecule has 2 unspecified atom stereocenters. The van der Waals surface area contributed by atoms with Crippen molar-refractivity contribution in [3.8, 4) is 0 Å². The van der Waals surface area contributed by atoms with E-state index in [0.29, 0.717) is 5.92 Å². The Kier molecular flexibility index (Phi) is 2.93. The van der Waals surface area contributed by atoms with E-state index in [1.165, 1.54) is 6.42 Å². The highest BCUT2D eigenvalue weighted by Crippen LogP contribution is 2.28. The minimum Gasteiger partial charge on any atom is -0.399 e. The molecule has 1 heterocycles. The van der Waals surface area contributed by atoms with Gasteiger partial charge in [0.15, 0.2) is 0 Å². The van der Waals surface area contributed by atoms with Gasteiger partial charge in [0.25, 0.3) is 0 Å². The summed E-state index contributed by atoms with van der Waals surface area (Å²) in [4.78, 5) is 2.33. The zero-order valence-electron chi connectivity index (χ0n) is 9.19. The maximum atomic E-state index is 6.25. The summed E-state index contributed by atoms with van der Waals surface area (Å²) < 4.78 is 0. The largest absolute Gasteiger partial charge is 0.399 e. The Balaban J connectivity index is 2.10. The first-order valence-corrected chi connectivity index (χ1v) is 5.46. The summed E-state index contributed by atoms with van der Waals surface area (Å²) in [6.45, 7) is 2.25. The molecule has 1 aromatic rings. The lowest BCUT2D eigenvalue weighted by Gasteiger charge is -2.19. The molecular weight excluding hydrogens is 186 g/mol. The Hall–Kier alpha value is -1.06. The number of hydrogen-bond acceptors (Lipinski definition) is 3. The Labute approximate surface area is 91.1 Å². The molecule has 1 fully saturated rings. The lowest BCUT2D eigenvalue weighted by atomic mass is 9.93. The van der Waals surface area contributed by atoms with Gasteiger partial charge in [-0.2, -0.15) is 0 Å². The third-order valence-corrected chi connectivity index (χ3v) is 3.23. The summed E-state index contributed by atoms with van der Waals surface area (Å²) in [6.07, 6.45) is 1.19. The molecule has 1 saturated heterocycles. The average molecular weight is 205 g/mol. The molecule has 2 rings (SSSR count). The van der Waals surface area contributed by atoms with Crippen LogP contribution < -0.4 is 11.5 Å². The van der Waals surface area contributed by atoms with Gasteiger partial charge in [0.2, 0.25) is 0 Å². The Morgan fingerprint density at radius 1 is 1.47 bits per heavy atom. The van der Waals surface area contributed by atoms with Crippen LogP contribution in [0.1, 0.15) is 18.0 Å². The maximum Gasteiger partial charge on any atom is 0.0337 e. The van der Waals surface area contributed by atoms with Gasteiger partial charge in [-0.25, -0.2) is 0 Å². The van der Waals surface area contributed by atoms with Gasteiger partial charge in [0.05, 0.1) is 0 Å². The van der Waals surface area contributed by atoms with Gasteiger partial charge in [-0.05, 0) is 43.6 Å². The van der Waals surface area contributed by atoms with E-state index in [2.05, 4.69) is 18.0 Å². The SMILES string of the molecule is CN1CCC(C(N)c2cccc(N)c2)C1. The van der Waals surface area contributed by atoms with Gasteiger partial charge < -0.3 is 16.4 Å². The zero-order valence-corrected chi connectivity index (χ0v) is 9.19. The molecule has 1 aliphatic rings. The number of rotatable bonds is 2. The predicted octanol–water partition coefficient (Wildman–Crippen LogP) is 1.22. The van der Waals surface area contributed by atoms with Crippen molar-refractivity contribution < 1.29 is 0 Å². The highest BCUT2D eigenvalue weighted by atomic mass is 15.1. The quantitative estimate of drug-likeness (QED) is 0.714. The van der Waals surface area contributed by atoms with Crippen LogP contribution in [0.2, 0.25) is 0 Å². The first-order valence-electron chi connectivity index (χ1n) is 5.46. The zero-order chi connectivity index (χ0) is 10.8. The lowest BCUT2D eigenvalue weighted by Crippen LogP contribution is -2.24. The molecule has 0 aromatic heterocycles. The van der Waals surface area contributed by atoms with Crippen molar-refractivity contribution in [1.29, 1.82) is 0 Å². The molecule has 0 saturated carbocycles. The van der Waals surface area contributed by atoms with Gasteiger partial charge in [-0.15, -0.1) is 0 Å². The number of nitrogen functional groups attached to an aromatic ring is 1. The minimum atomic E-state index is 0.124. The minimum absolute atomic E-state index is 0.124. The molecule has 0 radical (unpaired) electrons. The molecular formula is C12H19N3. The summed E-state index contributed by atoms with van der Waals surface area (Å²) in [6, 6.07) is 8.06. The number of nitrogens with two attached hydrogens (primary N) is 2. The fraction of sp³-hybridized carbons (Fsp3) is 0.500. The second kappa shape index (κ2) is 4.21. The first-order chi connectivity index (χ1) is 7.16. The van der Waals surface area contributed by atoms with Crippen LogP contribution in [0.3, 0.4) is 0 Å². The van der Waals surface area contributed by atoms with Crippen molar-refractivity contribution in [2.24, 2.45) is 11.7 Å². The number of benzene rings is 1. The van der Waals surface area contributed by atoms with Gasteiger partial charge in [-0.3, -0.25) is 0 Å². The molecule has 82 valence electrons. The van der Waals surface area contributed by atoms with Crippen LogP contribution in [-0.2, 0) is 0 Å². The summed E-state index contributed by atoms with van der Waals surface area (Å²) >= 11 is 0. The molecule has 0 bridgehead atoms. The van der Waals surface area contributed by atoms with E-state index in [9.17, 15) is 0 Å². The predicted molar refractivity (Wildman–Crippen MR) is 63.4 cm³/mol. The van der Waals surface area contributed by atoms with Crippen LogP contribution in [0.5, 0.6) is 0 Å². The van der Waals surface area contributed by atoms with E-state index < -0.39 is 0 Å². The molecule has 0 spiro atoms. The number of likely N-dealkylation sites (tertiary alicyclic amines) is 1. The van der Waals surface area contributed by atoms with Crippen molar-refractivity contribution in [3.05, 3.63) is 29.8 Å². The molecule has 0 amide bonds. The monoisotopic (exact) mass is 205 g/mol. The van der Waals surface area contributed by atoms with E-state index in [1.54, 1.807) is 0 Å². The summed E-state index contributed by atoms with van der Waals surface area (Å²) in [5.74, 6) is 0.566. The van der Waals surface area contributed by atoms with Gasteiger partial charge in [-0.1, -0.05) is 12.1 Å². The van der Waals surface area contributed by atoms with Crippen LogP contribution in [0.15, 0.2) is 24.3 Å². The van der Waals surface area contributed by atoms with Gasteiger partial charge >= 0.3 is 0 Å². The average Bonchev–Trinajstić information content (AvgIpc) is 2.64. The molecule has 1 aliphatic heterocycles. The summed E-state index contributed by atoms with van der Waals surface area (Å²) in [5.41, 5.74) is 14.0. The van der Waals surface area contributed by atoms with Crippen LogP contribution >= 0.6 is 0 Å². The Morgan fingerprint density at radius 3 is 2.87 bits per heavy atom. The molecule has 4 N–H and O–H groups in total. The normalized spacial score (nSPS) is 24.3. The second-order valence-corrected chi connectivity index (χ2v) is 4.51. The van der Waals surface area contributed by atoms with E-state index >= 15 is 0 Å². The molecule has 0 aliphatic carbocycles. The lowest BCUT2D eigenvalue weighted by molar-refractivity contribution is 0.372. The van der Waals surface area contributed by atoms with Crippen molar-refractivity contribution in [2.75, 3.05) is 25.9 Å². The van der Waals surface area contributed by atoms with E-state index in [-0.39, 0.29) is 6.04 Å². The summed E-state index contributed by atoms with van der Waals surface area (Å²) in [7, 11) is 2.14. The van der Waals surface area contributed by atoms with Gasteiger partial charge in [0, 0.05) is 18.3 Å². The van der Waals surface area contributed by atoms with E-state index in [0.717, 1.165) is 24.3 Å². The standard InChI is InChI=1S/C12H19N3/c1-15-6-5-10(8-15)12(14)9-3-2-4-11(13)7-9/h2-4,7,10,12H,5-6,8,13-14H2,1H3. The molecule has 1 aromatic carbocycles. The first kappa shape index (κ1) is 10.5. The third-order valence-electron chi connectivity index (χ3n) is 3.23. The highest BCUT2D eigenvalue weighted by Gasteiger charge is 2.26. The molecule has 3 nitrogen and oxygen atoms in total. The van der Waals surface area contributed by atoms with Crippen LogP contribution in [0.25, 0.3) is 0 Å². The van der Waals surface area contributed by atoms with E-state index in [4.69, 9.17) is 11.5 Å². The smallest absolute Gasteiger partial charge is 0.0337 e. The van der Waals surface area contributed by atoms with Gasteiger partial charge in [0.1, 0.15) is 0 Å². The fourth-order valence-electron chi connectivity index (χ4n) is 2.30. The highest BCUT2D eigenvalue weighted by molar-refractivity contribution is 5.41. The van der Waals surface area contributed by atoms with Crippen LogP contribution in [-0.4, -0.2) is 25.0 Å². The molecule has 3 heteroatoms. The van der Waals surface area contributed by atoms with Crippen molar-refractivity contribution in [2.45, 2.75) is 12.5 Å².